The number of benzene rings is 1. The van der Waals surface area contributed by atoms with Crippen LogP contribution in [0.2, 0.25) is 0 Å². The molecule has 0 amide bonds. The maximum atomic E-state index is 9.93. The fourth-order valence-electron chi connectivity index (χ4n) is 1.87. The molecule has 0 saturated carbocycles. The summed E-state index contributed by atoms with van der Waals surface area (Å²) in [5, 5.41) is 14.6. The zero-order chi connectivity index (χ0) is 11.7. The molecule has 1 heterocycles. The van der Waals surface area contributed by atoms with Crippen LogP contribution in [0.15, 0.2) is 16.8 Å². The third-order valence-corrected chi connectivity index (χ3v) is 2.92. The number of nitrogens with zero attached hydrogens (tertiary/aromatic N) is 1. The molecule has 0 aliphatic carbocycles. The SMILES string of the molecule is C#CCC(O)c1cc2cnoc2c(C)c1C. The highest BCUT2D eigenvalue weighted by Gasteiger charge is 2.15. The largest absolute Gasteiger partial charge is 0.387 e. The molecular weight excluding hydrogens is 202 g/mol. The summed E-state index contributed by atoms with van der Waals surface area (Å²) in [6.45, 7) is 3.90. The van der Waals surface area contributed by atoms with E-state index in [0.29, 0.717) is 6.42 Å². The molecule has 3 heteroatoms. The molecule has 16 heavy (non-hydrogen) atoms. The number of aromatic nitrogens is 1. The summed E-state index contributed by atoms with van der Waals surface area (Å²) in [5.74, 6) is 2.47. The maximum Gasteiger partial charge on any atom is 0.170 e. The van der Waals surface area contributed by atoms with E-state index in [1.807, 2.05) is 19.9 Å². The van der Waals surface area contributed by atoms with Crippen LogP contribution in [0.25, 0.3) is 11.0 Å². The van der Waals surface area contributed by atoms with Crippen molar-refractivity contribution in [3.63, 3.8) is 0 Å². The lowest BCUT2D eigenvalue weighted by Gasteiger charge is -2.13. The second-order valence-electron chi connectivity index (χ2n) is 3.88. The molecule has 1 aromatic heterocycles. The summed E-state index contributed by atoms with van der Waals surface area (Å²) in [6.07, 6.45) is 6.55. The van der Waals surface area contributed by atoms with Gasteiger partial charge in [0.1, 0.15) is 0 Å². The molecule has 0 spiro atoms. The van der Waals surface area contributed by atoms with Gasteiger partial charge in [0.05, 0.1) is 12.3 Å². The molecule has 0 radical (unpaired) electrons. The second kappa shape index (κ2) is 3.99. The van der Waals surface area contributed by atoms with Gasteiger partial charge in [0.15, 0.2) is 5.58 Å². The predicted molar refractivity (Wildman–Crippen MR) is 61.9 cm³/mol. The number of aliphatic hydroxyl groups excluding tert-OH is 1. The molecule has 1 atom stereocenters. The Hall–Kier alpha value is -1.79. The number of hydrogen-bond donors (Lipinski definition) is 1. The van der Waals surface area contributed by atoms with Crippen LogP contribution in [-0.2, 0) is 0 Å². The summed E-state index contributed by atoms with van der Waals surface area (Å²) in [6, 6.07) is 1.89. The normalized spacial score (nSPS) is 12.6. The molecular formula is C13H13NO2. The molecule has 0 saturated heterocycles. The Morgan fingerprint density at radius 1 is 1.50 bits per heavy atom. The predicted octanol–water partition coefficient (Wildman–Crippen LogP) is 2.50. The first-order chi connectivity index (χ1) is 7.65. The number of fused-ring (bicyclic) bond motifs is 1. The van der Waals surface area contributed by atoms with E-state index in [4.69, 9.17) is 10.9 Å². The van der Waals surface area contributed by atoms with Gasteiger partial charge in [-0.2, -0.15) is 0 Å². The van der Waals surface area contributed by atoms with Crippen LogP contribution in [0.5, 0.6) is 0 Å². The number of rotatable bonds is 2. The minimum absolute atomic E-state index is 0.317. The molecule has 1 aromatic carbocycles. The third kappa shape index (κ3) is 1.58. The zero-order valence-electron chi connectivity index (χ0n) is 9.32. The number of aryl methyl sites for hydroxylation is 1. The van der Waals surface area contributed by atoms with E-state index in [1.54, 1.807) is 6.20 Å². The first-order valence-corrected chi connectivity index (χ1v) is 5.11. The smallest absolute Gasteiger partial charge is 0.170 e. The van der Waals surface area contributed by atoms with Crippen molar-refractivity contribution in [2.24, 2.45) is 0 Å². The first-order valence-electron chi connectivity index (χ1n) is 5.11. The Labute approximate surface area is 94.1 Å². The quantitative estimate of drug-likeness (QED) is 0.783. The van der Waals surface area contributed by atoms with Gasteiger partial charge in [-0.15, -0.1) is 12.3 Å². The van der Waals surface area contributed by atoms with Crippen LogP contribution in [0.3, 0.4) is 0 Å². The maximum absolute atomic E-state index is 9.93. The zero-order valence-corrected chi connectivity index (χ0v) is 9.32. The minimum atomic E-state index is -0.622. The summed E-state index contributed by atoms with van der Waals surface area (Å²) in [4.78, 5) is 0. The third-order valence-electron chi connectivity index (χ3n) is 2.92. The fourth-order valence-corrected chi connectivity index (χ4v) is 1.87. The summed E-state index contributed by atoms with van der Waals surface area (Å²) < 4.78 is 5.15. The second-order valence-corrected chi connectivity index (χ2v) is 3.88. The highest BCUT2D eigenvalue weighted by molar-refractivity contribution is 5.81. The van der Waals surface area contributed by atoms with E-state index in [9.17, 15) is 5.11 Å². The van der Waals surface area contributed by atoms with Crippen molar-refractivity contribution in [1.82, 2.24) is 5.16 Å². The number of hydrogen-bond acceptors (Lipinski definition) is 3. The summed E-state index contributed by atoms with van der Waals surface area (Å²) in [5.41, 5.74) is 3.63. The Morgan fingerprint density at radius 2 is 2.25 bits per heavy atom. The van der Waals surface area contributed by atoms with Crippen molar-refractivity contribution in [2.45, 2.75) is 26.4 Å². The van der Waals surface area contributed by atoms with Crippen molar-refractivity contribution in [3.05, 3.63) is 29.0 Å². The Kier molecular flexibility index (Phi) is 2.67. The van der Waals surface area contributed by atoms with Crippen LogP contribution in [-0.4, -0.2) is 10.3 Å². The van der Waals surface area contributed by atoms with Gasteiger partial charge in [-0.3, -0.25) is 0 Å². The molecule has 0 aliphatic heterocycles. The van der Waals surface area contributed by atoms with Crippen LogP contribution in [0, 0.1) is 26.2 Å². The Morgan fingerprint density at radius 3 is 2.94 bits per heavy atom. The van der Waals surface area contributed by atoms with Gasteiger partial charge >= 0.3 is 0 Å². The standard InChI is InChI=1S/C13H13NO2/c1-4-5-12(15)11-6-10-7-14-16-13(10)9(3)8(11)2/h1,6-7,12,15H,5H2,2-3H3. The Balaban J connectivity index is 2.62. The Bertz CT molecular complexity index is 563. The lowest BCUT2D eigenvalue weighted by molar-refractivity contribution is 0.183. The van der Waals surface area contributed by atoms with E-state index in [-0.39, 0.29) is 0 Å². The van der Waals surface area contributed by atoms with Gasteiger partial charge < -0.3 is 9.63 Å². The van der Waals surface area contributed by atoms with Crippen molar-refractivity contribution in [2.75, 3.05) is 0 Å². The number of aliphatic hydroxyl groups is 1. The van der Waals surface area contributed by atoms with Gasteiger partial charge in [-0.05, 0) is 36.6 Å². The highest BCUT2D eigenvalue weighted by Crippen LogP contribution is 2.29. The van der Waals surface area contributed by atoms with Crippen molar-refractivity contribution >= 4 is 11.0 Å². The van der Waals surface area contributed by atoms with Gasteiger partial charge in [-0.25, -0.2) is 0 Å². The summed E-state index contributed by atoms with van der Waals surface area (Å²) >= 11 is 0. The van der Waals surface area contributed by atoms with Crippen LogP contribution < -0.4 is 0 Å². The lowest BCUT2D eigenvalue weighted by Crippen LogP contribution is -2.00. The van der Waals surface area contributed by atoms with Crippen molar-refractivity contribution in [1.29, 1.82) is 0 Å². The van der Waals surface area contributed by atoms with E-state index < -0.39 is 6.10 Å². The minimum Gasteiger partial charge on any atom is -0.387 e. The van der Waals surface area contributed by atoms with E-state index >= 15 is 0 Å². The van der Waals surface area contributed by atoms with Gasteiger partial charge in [0, 0.05) is 11.8 Å². The molecule has 2 rings (SSSR count). The van der Waals surface area contributed by atoms with Crippen LogP contribution >= 0.6 is 0 Å². The molecule has 0 bridgehead atoms. The van der Waals surface area contributed by atoms with E-state index in [0.717, 1.165) is 27.7 Å². The molecule has 3 nitrogen and oxygen atoms in total. The monoisotopic (exact) mass is 215 g/mol. The molecule has 1 N–H and O–H groups in total. The van der Waals surface area contributed by atoms with Gasteiger partial charge in [0.25, 0.3) is 0 Å². The lowest BCUT2D eigenvalue weighted by atomic mass is 9.95. The number of terminal acetylenes is 1. The molecule has 1 unspecified atom stereocenters. The van der Waals surface area contributed by atoms with Crippen LogP contribution in [0.4, 0.5) is 0 Å². The van der Waals surface area contributed by atoms with E-state index in [2.05, 4.69) is 11.1 Å². The highest BCUT2D eigenvalue weighted by atomic mass is 16.5. The molecule has 0 fully saturated rings. The molecule has 0 aliphatic rings. The first kappa shape index (κ1) is 10.7. The van der Waals surface area contributed by atoms with Crippen LogP contribution in [0.1, 0.15) is 29.2 Å². The van der Waals surface area contributed by atoms with Gasteiger partial charge in [0.2, 0.25) is 0 Å². The van der Waals surface area contributed by atoms with E-state index in [1.165, 1.54) is 0 Å². The molecule has 2 aromatic rings. The fraction of sp³-hybridized carbons (Fsp3) is 0.308. The van der Waals surface area contributed by atoms with Gasteiger partial charge in [-0.1, -0.05) is 5.16 Å². The average molecular weight is 215 g/mol. The van der Waals surface area contributed by atoms with Crippen molar-refractivity contribution < 1.29 is 9.63 Å². The topological polar surface area (TPSA) is 46.3 Å². The molecule has 82 valence electrons. The van der Waals surface area contributed by atoms with Crippen molar-refractivity contribution in [3.8, 4) is 12.3 Å². The summed E-state index contributed by atoms with van der Waals surface area (Å²) in [7, 11) is 0. The average Bonchev–Trinajstić information content (AvgIpc) is 2.71.